The van der Waals surface area contributed by atoms with E-state index < -0.39 is 5.54 Å². The fraction of sp³-hybridized carbons (Fsp3) is 0.217. The highest BCUT2D eigenvalue weighted by molar-refractivity contribution is 6.30. The second kappa shape index (κ2) is 7.76. The summed E-state index contributed by atoms with van der Waals surface area (Å²) in [7, 11) is 0. The third-order valence-electron chi connectivity index (χ3n) is 5.37. The normalized spacial score (nSPS) is 18.4. The maximum Gasteiger partial charge on any atom is 0.255 e. The number of hydrogen-bond acceptors (Lipinski definition) is 3. The number of amides is 2. The smallest absolute Gasteiger partial charge is 0.255 e. The van der Waals surface area contributed by atoms with E-state index >= 15 is 0 Å². The maximum atomic E-state index is 13.3. The van der Waals surface area contributed by atoms with Crippen LogP contribution in [-0.2, 0) is 24.3 Å². The summed E-state index contributed by atoms with van der Waals surface area (Å²) >= 11 is 5.93. The van der Waals surface area contributed by atoms with Gasteiger partial charge in [-0.15, -0.1) is 0 Å². The highest BCUT2D eigenvalue weighted by Crippen LogP contribution is 2.33. The molecule has 1 unspecified atom stereocenters. The monoisotopic (exact) mass is 408 g/mol. The Morgan fingerprint density at radius 2 is 1.90 bits per heavy atom. The minimum absolute atomic E-state index is 0.174. The van der Waals surface area contributed by atoms with Gasteiger partial charge in [-0.05, 0) is 48.4 Å². The number of carbonyl (C=O) groups excluding carboxylic acids is 2. The fourth-order valence-corrected chi connectivity index (χ4v) is 3.83. The van der Waals surface area contributed by atoms with Crippen molar-refractivity contribution >= 4 is 23.4 Å². The number of carbonyl (C=O) groups is 2. The largest absolute Gasteiger partial charge is 0.467 e. The molecular formula is C23H21ClN2O3. The Balaban J connectivity index is 1.62. The molecule has 0 fully saturated rings. The van der Waals surface area contributed by atoms with Gasteiger partial charge in [0.1, 0.15) is 11.3 Å². The molecule has 29 heavy (non-hydrogen) atoms. The van der Waals surface area contributed by atoms with E-state index in [1.807, 2.05) is 30.3 Å². The molecular weight excluding hydrogens is 388 g/mol. The zero-order valence-corrected chi connectivity index (χ0v) is 16.8. The van der Waals surface area contributed by atoms with E-state index in [-0.39, 0.29) is 18.4 Å². The van der Waals surface area contributed by atoms with Crippen LogP contribution in [0.15, 0.2) is 71.3 Å². The minimum atomic E-state index is -1.04. The highest BCUT2D eigenvalue weighted by Gasteiger charge is 2.46. The SMILES string of the molecule is CC1(C(=O)NCc2ccc(Cl)cc2)Cc2ccccc2C(=O)N1Cc1ccco1. The quantitative estimate of drug-likeness (QED) is 0.688. The molecule has 2 amide bonds. The van der Waals surface area contributed by atoms with Crippen molar-refractivity contribution in [3.63, 3.8) is 0 Å². The van der Waals surface area contributed by atoms with Gasteiger partial charge in [0.25, 0.3) is 5.91 Å². The van der Waals surface area contributed by atoms with Crippen LogP contribution in [0.1, 0.15) is 34.2 Å². The zero-order chi connectivity index (χ0) is 20.4. The molecule has 1 aliphatic rings. The van der Waals surface area contributed by atoms with Gasteiger partial charge in [-0.3, -0.25) is 9.59 Å². The molecule has 0 saturated carbocycles. The summed E-state index contributed by atoms with van der Waals surface area (Å²) in [6.07, 6.45) is 2.00. The van der Waals surface area contributed by atoms with Crippen molar-refractivity contribution in [3.05, 3.63) is 94.4 Å². The minimum Gasteiger partial charge on any atom is -0.467 e. The van der Waals surface area contributed by atoms with Gasteiger partial charge in [0.15, 0.2) is 0 Å². The van der Waals surface area contributed by atoms with Gasteiger partial charge in [-0.1, -0.05) is 41.9 Å². The molecule has 1 N–H and O–H groups in total. The first-order chi connectivity index (χ1) is 14.0. The summed E-state index contributed by atoms with van der Waals surface area (Å²) in [5.74, 6) is 0.253. The van der Waals surface area contributed by atoms with Crippen molar-refractivity contribution in [2.24, 2.45) is 0 Å². The van der Waals surface area contributed by atoms with Gasteiger partial charge in [-0.2, -0.15) is 0 Å². The Morgan fingerprint density at radius 3 is 2.62 bits per heavy atom. The number of fused-ring (bicyclic) bond motifs is 1. The van der Waals surface area contributed by atoms with Gasteiger partial charge < -0.3 is 14.6 Å². The molecule has 6 heteroatoms. The maximum absolute atomic E-state index is 13.3. The van der Waals surface area contributed by atoms with Gasteiger partial charge in [0.2, 0.25) is 5.91 Å². The second-order valence-electron chi connectivity index (χ2n) is 7.39. The lowest BCUT2D eigenvalue weighted by atomic mass is 9.82. The number of nitrogens with one attached hydrogen (secondary N) is 1. The number of halogens is 1. The van der Waals surface area contributed by atoms with Crippen molar-refractivity contribution in [2.75, 3.05) is 0 Å². The predicted molar refractivity (Wildman–Crippen MR) is 110 cm³/mol. The molecule has 3 aromatic rings. The molecule has 5 nitrogen and oxygen atoms in total. The van der Waals surface area contributed by atoms with Crippen LogP contribution in [0.3, 0.4) is 0 Å². The lowest BCUT2D eigenvalue weighted by Crippen LogP contribution is -2.62. The van der Waals surface area contributed by atoms with E-state index in [9.17, 15) is 9.59 Å². The van der Waals surface area contributed by atoms with E-state index in [0.29, 0.717) is 29.3 Å². The van der Waals surface area contributed by atoms with Crippen molar-refractivity contribution < 1.29 is 14.0 Å². The molecule has 1 aromatic heterocycles. The first kappa shape index (κ1) is 19.3. The summed E-state index contributed by atoms with van der Waals surface area (Å²) in [6, 6.07) is 18.3. The lowest BCUT2D eigenvalue weighted by molar-refractivity contribution is -0.132. The first-order valence-electron chi connectivity index (χ1n) is 9.42. The predicted octanol–water partition coefficient (Wildman–Crippen LogP) is 4.21. The molecule has 2 heterocycles. The third-order valence-corrected chi connectivity index (χ3v) is 5.62. The zero-order valence-electron chi connectivity index (χ0n) is 16.0. The molecule has 1 aliphatic heterocycles. The average Bonchev–Trinajstić information content (AvgIpc) is 3.24. The van der Waals surface area contributed by atoms with Crippen LogP contribution in [0.2, 0.25) is 5.02 Å². The van der Waals surface area contributed by atoms with Crippen LogP contribution in [-0.4, -0.2) is 22.3 Å². The van der Waals surface area contributed by atoms with Gasteiger partial charge in [0.05, 0.1) is 12.8 Å². The van der Waals surface area contributed by atoms with E-state index in [1.165, 1.54) is 0 Å². The number of rotatable bonds is 5. The summed E-state index contributed by atoms with van der Waals surface area (Å²) in [5, 5.41) is 3.63. The Kier molecular flexibility index (Phi) is 5.16. The number of hydrogen-bond donors (Lipinski definition) is 1. The summed E-state index contributed by atoms with van der Waals surface area (Å²) < 4.78 is 5.45. The molecule has 0 saturated heterocycles. The molecule has 148 valence electrons. The molecule has 2 aromatic carbocycles. The Labute approximate surface area is 174 Å². The fourth-order valence-electron chi connectivity index (χ4n) is 3.70. The molecule has 4 rings (SSSR count). The topological polar surface area (TPSA) is 62.6 Å². The molecule has 0 bridgehead atoms. The van der Waals surface area contributed by atoms with Crippen LogP contribution in [0.5, 0.6) is 0 Å². The van der Waals surface area contributed by atoms with Crippen LogP contribution in [0, 0.1) is 0 Å². The number of benzene rings is 2. The second-order valence-corrected chi connectivity index (χ2v) is 7.82. The van der Waals surface area contributed by atoms with Crippen LogP contribution in [0.4, 0.5) is 0 Å². The lowest BCUT2D eigenvalue weighted by Gasteiger charge is -2.43. The first-order valence-corrected chi connectivity index (χ1v) is 9.80. The number of furan rings is 1. The van der Waals surface area contributed by atoms with Gasteiger partial charge in [-0.25, -0.2) is 0 Å². The summed E-state index contributed by atoms with van der Waals surface area (Å²) in [5.41, 5.74) is 1.40. The van der Waals surface area contributed by atoms with E-state index in [2.05, 4.69) is 5.32 Å². The third kappa shape index (κ3) is 3.78. The van der Waals surface area contributed by atoms with Crippen molar-refractivity contribution in [3.8, 4) is 0 Å². The molecule has 0 aliphatic carbocycles. The van der Waals surface area contributed by atoms with E-state index in [1.54, 1.807) is 48.4 Å². The standard InChI is InChI=1S/C23H21ClN2O3/c1-23(22(28)25-14-16-8-10-18(24)11-9-16)13-17-5-2-3-7-20(17)21(27)26(23)15-19-6-4-12-29-19/h2-12H,13-15H2,1H3,(H,25,28). The molecule has 1 atom stereocenters. The van der Waals surface area contributed by atoms with Crippen LogP contribution < -0.4 is 5.32 Å². The Morgan fingerprint density at radius 1 is 1.14 bits per heavy atom. The van der Waals surface area contributed by atoms with Crippen molar-refractivity contribution in [1.29, 1.82) is 0 Å². The summed E-state index contributed by atoms with van der Waals surface area (Å²) in [6.45, 7) is 2.39. The molecule has 0 radical (unpaired) electrons. The average molecular weight is 409 g/mol. The van der Waals surface area contributed by atoms with Crippen molar-refractivity contribution in [1.82, 2.24) is 10.2 Å². The van der Waals surface area contributed by atoms with Crippen LogP contribution >= 0.6 is 11.6 Å². The Bertz CT molecular complexity index is 1030. The Hall–Kier alpha value is -3.05. The summed E-state index contributed by atoms with van der Waals surface area (Å²) in [4.78, 5) is 28.2. The van der Waals surface area contributed by atoms with E-state index in [4.69, 9.17) is 16.0 Å². The highest BCUT2D eigenvalue weighted by atomic mass is 35.5. The van der Waals surface area contributed by atoms with E-state index in [0.717, 1.165) is 11.1 Å². The van der Waals surface area contributed by atoms with Crippen molar-refractivity contribution in [2.45, 2.75) is 32.0 Å². The van der Waals surface area contributed by atoms with Gasteiger partial charge >= 0.3 is 0 Å². The van der Waals surface area contributed by atoms with Crippen LogP contribution in [0.25, 0.3) is 0 Å². The molecule has 0 spiro atoms. The van der Waals surface area contributed by atoms with Gasteiger partial charge in [0, 0.05) is 23.6 Å². The number of nitrogens with zero attached hydrogens (tertiary/aromatic N) is 1.